The van der Waals surface area contributed by atoms with Crippen LogP contribution in [0.25, 0.3) is 0 Å². The fourth-order valence-corrected chi connectivity index (χ4v) is 5.33. The summed E-state index contributed by atoms with van der Waals surface area (Å²) in [5.41, 5.74) is 7.65. The van der Waals surface area contributed by atoms with Gasteiger partial charge in [0.15, 0.2) is 0 Å². The van der Waals surface area contributed by atoms with Crippen LogP contribution in [0.3, 0.4) is 0 Å². The standard InChI is InChI=1S/C17H24/c1-4-6-9(3)15-12-7-11-10(5-2)16(11)14-8-13(15)17(12)14/h9-12,17H,4-8H2,1-3H3. The molecule has 0 nitrogen and oxygen atoms in total. The van der Waals surface area contributed by atoms with Crippen LogP contribution in [-0.4, -0.2) is 0 Å². The first kappa shape index (κ1) is 10.4. The smallest absolute Gasteiger partial charge is 0.00851 e. The lowest BCUT2D eigenvalue weighted by atomic mass is 9.49. The molecule has 0 bridgehead atoms. The molecule has 4 rings (SSSR count). The van der Waals surface area contributed by atoms with Crippen molar-refractivity contribution in [3.63, 3.8) is 0 Å². The van der Waals surface area contributed by atoms with E-state index in [0.29, 0.717) is 0 Å². The van der Waals surface area contributed by atoms with Crippen molar-refractivity contribution >= 4 is 0 Å². The minimum absolute atomic E-state index is 0.887. The second-order valence-electron chi connectivity index (χ2n) is 6.77. The fraction of sp³-hybridized carbons (Fsp3) is 0.765. The Hall–Kier alpha value is -0.520. The molecule has 0 aromatic heterocycles. The van der Waals surface area contributed by atoms with Gasteiger partial charge in [0.1, 0.15) is 0 Å². The van der Waals surface area contributed by atoms with Gasteiger partial charge in [0, 0.05) is 5.92 Å². The van der Waals surface area contributed by atoms with E-state index in [1.165, 1.54) is 32.1 Å². The second kappa shape index (κ2) is 3.28. The van der Waals surface area contributed by atoms with Gasteiger partial charge in [0.25, 0.3) is 0 Å². The van der Waals surface area contributed by atoms with Crippen LogP contribution in [-0.2, 0) is 0 Å². The summed E-state index contributed by atoms with van der Waals surface area (Å²) in [5.74, 6) is 4.91. The van der Waals surface area contributed by atoms with E-state index >= 15 is 0 Å². The third-order valence-corrected chi connectivity index (χ3v) is 6.05. The third kappa shape index (κ3) is 1.10. The van der Waals surface area contributed by atoms with E-state index in [9.17, 15) is 0 Å². The van der Waals surface area contributed by atoms with E-state index < -0.39 is 0 Å². The van der Waals surface area contributed by atoms with Gasteiger partial charge in [0.2, 0.25) is 0 Å². The summed E-state index contributed by atoms with van der Waals surface area (Å²) < 4.78 is 0. The minimum Gasteiger partial charge on any atom is -0.0654 e. The lowest BCUT2D eigenvalue weighted by molar-refractivity contribution is 0.262. The van der Waals surface area contributed by atoms with Gasteiger partial charge in [-0.05, 0) is 49.4 Å². The van der Waals surface area contributed by atoms with Crippen LogP contribution in [0.5, 0.6) is 0 Å². The summed E-state index contributed by atoms with van der Waals surface area (Å²) in [6.07, 6.45) is 7.08. The Kier molecular flexibility index (Phi) is 2.00. The Morgan fingerprint density at radius 3 is 2.71 bits per heavy atom. The van der Waals surface area contributed by atoms with Crippen LogP contribution >= 0.6 is 0 Å². The zero-order valence-electron chi connectivity index (χ0n) is 11.4. The van der Waals surface area contributed by atoms with Crippen molar-refractivity contribution in [2.24, 2.45) is 29.6 Å². The molecular formula is C17H24. The first-order valence-corrected chi connectivity index (χ1v) is 7.73. The highest BCUT2D eigenvalue weighted by molar-refractivity contribution is 5.59. The minimum atomic E-state index is 0.887. The number of allylic oxidation sites excluding steroid dienone is 4. The Morgan fingerprint density at radius 2 is 2.00 bits per heavy atom. The van der Waals surface area contributed by atoms with Gasteiger partial charge in [-0.2, -0.15) is 0 Å². The van der Waals surface area contributed by atoms with Crippen molar-refractivity contribution in [1.82, 2.24) is 0 Å². The maximum Gasteiger partial charge on any atom is 0.00851 e. The van der Waals surface area contributed by atoms with Crippen molar-refractivity contribution in [3.8, 4) is 0 Å². The summed E-state index contributed by atoms with van der Waals surface area (Å²) in [5, 5.41) is 0. The van der Waals surface area contributed by atoms with Crippen molar-refractivity contribution in [1.29, 1.82) is 0 Å². The molecule has 2 saturated carbocycles. The molecule has 4 aliphatic carbocycles. The zero-order chi connectivity index (χ0) is 11.7. The van der Waals surface area contributed by atoms with Crippen LogP contribution in [0, 0.1) is 29.6 Å². The molecule has 0 spiro atoms. The van der Waals surface area contributed by atoms with Crippen LogP contribution in [0.1, 0.15) is 52.9 Å². The summed E-state index contributed by atoms with van der Waals surface area (Å²) in [4.78, 5) is 0. The lowest BCUT2D eigenvalue weighted by Crippen LogP contribution is -2.44. The van der Waals surface area contributed by atoms with E-state index in [4.69, 9.17) is 0 Å². The molecule has 4 aliphatic rings. The number of hydrogen-bond donors (Lipinski definition) is 0. The number of rotatable bonds is 4. The Morgan fingerprint density at radius 1 is 1.18 bits per heavy atom. The van der Waals surface area contributed by atoms with E-state index in [-0.39, 0.29) is 0 Å². The van der Waals surface area contributed by atoms with Crippen LogP contribution < -0.4 is 0 Å². The third-order valence-electron chi connectivity index (χ3n) is 6.05. The molecule has 0 amide bonds. The Labute approximate surface area is 105 Å². The maximum atomic E-state index is 2.48. The quantitative estimate of drug-likeness (QED) is 0.610. The molecule has 0 saturated heterocycles. The summed E-state index contributed by atoms with van der Waals surface area (Å²) in [6.45, 7) is 7.19. The van der Waals surface area contributed by atoms with Gasteiger partial charge in [-0.1, -0.05) is 49.5 Å². The topological polar surface area (TPSA) is 0 Å². The van der Waals surface area contributed by atoms with Gasteiger partial charge >= 0.3 is 0 Å². The normalized spacial score (nSPS) is 42.5. The molecule has 0 heterocycles. The average Bonchev–Trinajstić information content (AvgIpc) is 2.93. The highest BCUT2D eigenvalue weighted by Gasteiger charge is 2.61. The average molecular weight is 228 g/mol. The molecule has 0 heteroatoms. The predicted molar refractivity (Wildman–Crippen MR) is 71.6 cm³/mol. The largest absolute Gasteiger partial charge is 0.0654 e. The molecule has 5 unspecified atom stereocenters. The first-order valence-electron chi connectivity index (χ1n) is 7.73. The lowest BCUT2D eigenvalue weighted by Gasteiger charge is -2.55. The van der Waals surface area contributed by atoms with Crippen molar-refractivity contribution in [3.05, 3.63) is 22.3 Å². The predicted octanol–water partition coefficient (Wildman–Crippen LogP) is 4.73. The van der Waals surface area contributed by atoms with E-state index in [2.05, 4.69) is 20.8 Å². The Bertz CT molecular complexity index is 437. The van der Waals surface area contributed by atoms with Crippen LogP contribution in [0.4, 0.5) is 0 Å². The van der Waals surface area contributed by atoms with Crippen molar-refractivity contribution < 1.29 is 0 Å². The van der Waals surface area contributed by atoms with Crippen LogP contribution in [0.15, 0.2) is 22.3 Å². The van der Waals surface area contributed by atoms with E-state index in [1.54, 1.807) is 0 Å². The summed E-state index contributed by atoms with van der Waals surface area (Å²) in [7, 11) is 0. The highest BCUT2D eigenvalue weighted by Crippen LogP contribution is 2.72. The molecule has 92 valence electrons. The van der Waals surface area contributed by atoms with Gasteiger partial charge in [-0.25, -0.2) is 0 Å². The SMILES string of the molecule is CCCC(C)C1=C2CC3=C4C(CC)C4CC1C32. The number of hydrogen-bond acceptors (Lipinski definition) is 0. The molecule has 0 aromatic rings. The van der Waals surface area contributed by atoms with Crippen LogP contribution in [0.2, 0.25) is 0 Å². The summed E-state index contributed by atoms with van der Waals surface area (Å²) >= 11 is 0. The van der Waals surface area contributed by atoms with Crippen molar-refractivity contribution in [2.75, 3.05) is 0 Å². The van der Waals surface area contributed by atoms with E-state index in [0.717, 1.165) is 29.6 Å². The zero-order valence-corrected chi connectivity index (χ0v) is 11.4. The molecule has 0 N–H and O–H groups in total. The molecular weight excluding hydrogens is 204 g/mol. The molecule has 0 radical (unpaired) electrons. The molecule has 0 aromatic carbocycles. The maximum absolute atomic E-state index is 2.48. The van der Waals surface area contributed by atoms with Gasteiger partial charge in [0.05, 0.1) is 0 Å². The van der Waals surface area contributed by atoms with E-state index in [1.807, 2.05) is 22.3 Å². The fourth-order valence-electron chi connectivity index (χ4n) is 5.33. The molecule has 17 heavy (non-hydrogen) atoms. The molecule has 5 atom stereocenters. The van der Waals surface area contributed by atoms with Gasteiger partial charge in [-0.15, -0.1) is 0 Å². The second-order valence-corrected chi connectivity index (χ2v) is 6.77. The molecule has 0 aliphatic heterocycles. The molecule has 2 fully saturated rings. The monoisotopic (exact) mass is 228 g/mol. The van der Waals surface area contributed by atoms with Gasteiger partial charge < -0.3 is 0 Å². The number of fused-ring (bicyclic) bond motifs is 1. The highest BCUT2D eigenvalue weighted by atomic mass is 14.6. The Balaban J connectivity index is 1.60. The first-order chi connectivity index (χ1) is 8.27. The van der Waals surface area contributed by atoms with Crippen molar-refractivity contribution in [2.45, 2.75) is 52.9 Å². The van der Waals surface area contributed by atoms with Gasteiger partial charge in [-0.3, -0.25) is 0 Å². The summed E-state index contributed by atoms with van der Waals surface area (Å²) in [6, 6.07) is 0.